The third-order valence-corrected chi connectivity index (χ3v) is 3.15. The number of rotatable bonds is 8. The van der Waals surface area contributed by atoms with Crippen LogP contribution >= 0.6 is 11.6 Å². The van der Waals surface area contributed by atoms with Crippen LogP contribution in [0.2, 0.25) is 5.02 Å². The van der Waals surface area contributed by atoms with Crippen LogP contribution in [0.25, 0.3) is 0 Å². The normalized spacial score (nSPS) is 12.4. The number of carboxylic acids is 1. The molecule has 0 aliphatic heterocycles. The molecule has 1 aromatic rings. The molecular formula is C15H22ClNO3. The fraction of sp³-hybridized carbons (Fsp3) is 0.533. The van der Waals surface area contributed by atoms with Gasteiger partial charge in [-0.1, -0.05) is 31.5 Å². The van der Waals surface area contributed by atoms with E-state index in [-0.39, 0.29) is 0 Å². The van der Waals surface area contributed by atoms with Crippen molar-refractivity contribution in [3.8, 4) is 5.75 Å². The van der Waals surface area contributed by atoms with E-state index in [0.717, 1.165) is 5.56 Å². The molecular weight excluding hydrogens is 278 g/mol. The van der Waals surface area contributed by atoms with Crippen molar-refractivity contribution in [2.75, 3.05) is 6.61 Å². The quantitative estimate of drug-likeness (QED) is 0.773. The van der Waals surface area contributed by atoms with Crippen LogP contribution in [-0.2, 0) is 11.3 Å². The number of ether oxygens (including phenoxy) is 1. The zero-order valence-corrected chi connectivity index (χ0v) is 12.9. The van der Waals surface area contributed by atoms with Gasteiger partial charge in [-0.25, -0.2) is 0 Å². The van der Waals surface area contributed by atoms with E-state index in [0.29, 0.717) is 36.3 Å². The first-order valence-corrected chi connectivity index (χ1v) is 7.19. The fourth-order valence-corrected chi connectivity index (χ4v) is 2.17. The van der Waals surface area contributed by atoms with E-state index in [1.54, 1.807) is 12.1 Å². The van der Waals surface area contributed by atoms with Crippen molar-refractivity contribution in [3.05, 3.63) is 28.8 Å². The Morgan fingerprint density at radius 3 is 2.65 bits per heavy atom. The molecule has 1 rings (SSSR count). The number of carboxylic acid groups (broad SMARTS) is 1. The smallest absolute Gasteiger partial charge is 0.320 e. The van der Waals surface area contributed by atoms with Crippen LogP contribution in [0.1, 0.15) is 32.8 Å². The first-order chi connectivity index (χ1) is 9.43. The minimum absolute atomic E-state index is 0.326. The molecule has 1 atom stereocenters. The summed E-state index contributed by atoms with van der Waals surface area (Å²) in [6.07, 6.45) is 0.597. The maximum absolute atomic E-state index is 11.2. The number of benzene rings is 1. The first-order valence-electron chi connectivity index (χ1n) is 6.81. The topological polar surface area (TPSA) is 58.6 Å². The van der Waals surface area contributed by atoms with Crippen LogP contribution in [0.15, 0.2) is 18.2 Å². The summed E-state index contributed by atoms with van der Waals surface area (Å²) in [5.74, 6) is 0.151. The Balaban J connectivity index is 2.64. The van der Waals surface area contributed by atoms with Gasteiger partial charge >= 0.3 is 5.97 Å². The van der Waals surface area contributed by atoms with E-state index in [9.17, 15) is 4.79 Å². The third-order valence-electron chi connectivity index (χ3n) is 2.85. The lowest BCUT2D eigenvalue weighted by atomic mass is 10.0. The van der Waals surface area contributed by atoms with Gasteiger partial charge in [-0.15, -0.1) is 0 Å². The molecule has 0 saturated carbocycles. The first kappa shape index (κ1) is 16.8. The summed E-state index contributed by atoms with van der Waals surface area (Å²) in [4.78, 5) is 11.2. The molecule has 0 amide bonds. The van der Waals surface area contributed by atoms with Crippen LogP contribution in [0.5, 0.6) is 5.75 Å². The van der Waals surface area contributed by atoms with Crippen molar-refractivity contribution in [1.29, 1.82) is 0 Å². The van der Waals surface area contributed by atoms with E-state index < -0.39 is 12.0 Å². The molecule has 0 heterocycles. The van der Waals surface area contributed by atoms with Gasteiger partial charge in [0.05, 0.1) is 11.6 Å². The molecule has 0 spiro atoms. The lowest BCUT2D eigenvalue weighted by Crippen LogP contribution is -2.37. The number of hydrogen-bond acceptors (Lipinski definition) is 3. The van der Waals surface area contributed by atoms with E-state index >= 15 is 0 Å². The summed E-state index contributed by atoms with van der Waals surface area (Å²) >= 11 is 6.10. The predicted octanol–water partition coefficient (Wildman–Crippen LogP) is 3.33. The summed E-state index contributed by atoms with van der Waals surface area (Å²) in [5.41, 5.74) is 0.938. The van der Waals surface area contributed by atoms with Crippen molar-refractivity contribution < 1.29 is 14.6 Å². The Kier molecular flexibility index (Phi) is 6.82. The van der Waals surface area contributed by atoms with Crippen molar-refractivity contribution in [1.82, 2.24) is 5.32 Å². The maximum atomic E-state index is 11.2. The average Bonchev–Trinajstić information content (AvgIpc) is 2.37. The number of halogens is 1. The molecule has 5 heteroatoms. The second kappa shape index (κ2) is 8.12. The van der Waals surface area contributed by atoms with Crippen LogP contribution in [-0.4, -0.2) is 23.7 Å². The molecule has 0 bridgehead atoms. The van der Waals surface area contributed by atoms with Gasteiger partial charge in [-0.3, -0.25) is 4.79 Å². The Morgan fingerprint density at radius 1 is 1.45 bits per heavy atom. The van der Waals surface area contributed by atoms with Gasteiger partial charge in [0, 0.05) is 6.54 Å². The highest BCUT2D eigenvalue weighted by Gasteiger charge is 2.18. The van der Waals surface area contributed by atoms with Gasteiger partial charge in [0.1, 0.15) is 11.8 Å². The average molecular weight is 300 g/mol. The lowest BCUT2D eigenvalue weighted by Gasteiger charge is -2.17. The van der Waals surface area contributed by atoms with E-state index in [1.165, 1.54) is 0 Å². The molecule has 0 fully saturated rings. The number of nitrogens with one attached hydrogen (secondary N) is 1. The molecule has 0 aliphatic carbocycles. The summed E-state index contributed by atoms with van der Waals surface area (Å²) < 4.78 is 5.36. The minimum Gasteiger partial charge on any atom is -0.492 e. The van der Waals surface area contributed by atoms with Gasteiger partial charge in [-0.05, 0) is 37.0 Å². The van der Waals surface area contributed by atoms with Crippen molar-refractivity contribution in [3.63, 3.8) is 0 Å². The predicted molar refractivity (Wildman–Crippen MR) is 80.3 cm³/mol. The largest absolute Gasteiger partial charge is 0.492 e. The van der Waals surface area contributed by atoms with E-state index in [1.807, 2.05) is 26.8 Å². The molecule has 1 unspecified atom stereocenters. The summed E-state index contributed by atoms with van der Waals surface area (Å²) in [6.45, 7) is 6.94. The summed E-state index contributed by atoms with van der Waals surface area (Å²) in [7, 11) is 0. The molecule has 0 saturated heterocycles. The molecule has 0 aromatic heterocycles. The molecule has 0 aliphatic rings. The second-order valence-electron chi connectivity index (χ2n) is 5.10. The maximum Gasteiger partial charge on any atom is 0.320 e. The van der Waals surface area contributed by atoms with Gasteiger partial charge < -0.3 is 15.2 Å². The number of hydrogen-bond donors (Lipinski definition) is 2. The Labute approximate surface area is 125 Å². The zero-order valence-electron chi connectivity index (χ0n) is 12.1. The fourth-order valence-electron chi connectivity index (χ4n) is 1.91. The monoisotopic (exact) mass is 299 g/mol. The standard InChI is InChI=1S/C15H22ClNO3/c1-4-20-14-6-5-11(8-12(14)16)9-17-13(15(18)19)7-10(2)3/h5-6,8,10,13,17H,4,7,9H2,1-3H3,(H,18,19). The van der Waals surface area contributed by atoms with Gasteiger partial charge in [0.2, 0.25) is 0 Å². The second-order valence-corrected chi connectivity index (χ2v) is 5.51. The third kappa shape index (κ3) is 5.39. The summed E-state index contributed by atoms with van der Waals surface area (Å²) in [6, 6.07) is 4.95. The van der Waals surface area contributed by atoms with Crippen LogP contribution in [0.3, 0.4) is 0 Å². The van der Waals surface area contributed by atoms with Crippen molar-refractivity contribution in [2.45, 2.75) is 39.8 Å². The molecule has 112 valence electrons. The minimum atomic E-state index is -0.823. The highest BCUT2D eigenvalue weighted by Crippen LogP contribution is 2.25. The van der Waals surface area contributed by atoms with Crippen molar-refractivity contribution >= 4 is 17.6 Å². The van der Waals surface area contributed by atoms with Crippen molar-refractivity contribution in [2.24, 2.45) is 5.92 Å². The lowest BCUT2D eigenvalue weighted by molar-refractivity contribution is -0.140. The number of carbonyl (C=O) groups is 1. The Hall–Kier alpha value is -1.26. The molecule has 20 heavy (non-hydrogen) atoms. The van der Waals surface area contributed by atoms with E-state index in [2.05, 4.69) is 5.32 Å². The van der Waals surface area contributed by atoms with Gasteiger partial charge in [-0.2, -0.15) is 0 Å². The Morgan fingerprint density at radius 2 is 2.15 bits per heavy atom. The molecule has 4 nitrogen and oxygen atoms in total. The van der Waals surface area contributed by atoms with Crippen LogP contribution in [0, 0.1) is 5.92 Å². The van der Waals surface area contributed by atoms with Gasteiger partial charge in [0.25, 0.3) is 0 Å². The van der Waals surface area contributed by atoms with E-state index in [4.69, 9.17) is 21.4 Å². The molecule has 1 aromatic carbocycles. The zero-order chi connectivity index (χ0) is 15.1. The Bertz CT molecular complexity index is 449. The molecule has 0 radical (unpaired) electrons. The molecule has 2 N–H and O–H groups in total. The van der Waals surface area contributed by atoms with Crippen LogP contribution < -0.4 is 10.1 Å². The summed E-state index contributed by atoms with van der Waals surface area (Å²) in [5, 5.41) is 12.8. The van der Waals surface area contributed by atoms with Gasteiger partial charge in [0.15, 0.2) is 0 Å². The highest BCUT2D eigenvalue weighted by atomic mass is 35.5. The number of aliphatic carboxylic acids is 1. The van der Waals surface area contributed by atoms with Crippen LogP contribution in [0.4, 0.5) is 0 Å². The SMILES string of the molecule is CCOc1ccc(CNC(CC(C)C)C(=O)O)cc1Cl. The highest BCUT2D eigenvalue weighted by molar-refractivity contribution is 6.32.